The van der Waals surface area contributed by atoms with Crippen LogP contribution in [0.1, 0.15) is 72.7 Å². The van der Waals surface area contributed by atoms with Crippen LogP contribution in [0.2, 0.25) is 0 Å². The molecule has 9 heteroatoms. The van der Waals surface area contributed by atoms with E-state index in [9.17, 15) is 9.59 Å². The number of anilines is 1. The van der Waals surface area contributed by atoms with Gasteiger partial charge in [-0.05, 0) is 90.3 Å². The van der Waals surface area contributed by atoms with Crippen LogP contribution < -0.4 is 10.1 Å². The third-order valence-corrected chi connectivity index (χ3v) is 7.82. The molecule has 212 valence electrons. The lowest BCUT2D eigenvalue weighted by Gasteiger charge is -2.41. The van der Waals surface area contributed by atoms with Crippen molar-refractivity contribution in [3.05, 3.63) is 95.6 Å². The number of amides is 2. The number of aromatic amines is 1. The van der Waals surface area contributed by atoms with Gasteiger partial charge in [0, 0.05) is 23.7 Å². The second-order valence-corrected chi connectivity index (χ2v) is 11.6. The first-order valence-electron chi connectivity index (χ1n) is 14.0. The standard InChI is InChI=1S/C32H36N6O3/c1-32(2,3)25-16-18-26(19-17-25)38(21-22-12-14-23(15-13-22)29(39)33-31-34-36-37-35-31)30(40)24-8-7-11-28(20-24)41-27-9-5-4-6-10-27/h4-15,20,25-26H,16-19,21H2,1-3H3,(H2,33,34,35,36,37,39). The highest BCUT2D eigenvalue weighted by molar-refractivity contribution is 6.03. The molecule has 5 rings (SSSR count). The number of rotatable bonds is 8. The summed E-state index contributed by atoms with van der Waals surface area (Å²) in [6, 6.07) is 24.3. The lowest BCUT2D eigenvalue weighted by atomic mass is 9.71. The topological polar surface area (TPSA) is 113 Å². The highest BCUT2D eigenvalue weighted by Gasteiger charge is 2.34. The van der Waals surface area contributed by atoms with Crippen molar-refractivity contribution >= 4 is 17.8 Å². The van der Waals surface area contributed by atoms with Crippen molar-refractivity contribution < 1.29 is 14.3 Å². The fourth-order valence-corrected chi connectivity index (χ4v) is 5.45. The Labute approximate surface area is 240 Å². The van der Waals surface area contributed by atoms with E-state index in [0.717, 1.165) is 37.0 Å². The van der Waals surface area contributed by atoms with E-state index < -0.39 is 0 Å². The van der Waals surface area contributed by atoms with Gasteiger partial charge in [-0.15, -0.1) is 5.10 Å². The number of benzene rings is 3. The molecule has 2 amide bonds. The molecule has 1 aliphatic carbocycles. The average molecular weight is 553 g/mol. The molecule has 4 aromatic rings. The predicted molar refractivity (Wildman–Crippen MR) is 157 cm³/mol. The van der Waals surface area contributed by atoms with Gasteiger partial charge in [-0.3, -0.25) is 14.9 Å². The third kappa shape index (κ3) is 7.16. The molecule has 0 saturated heterocycles. The summed E-state index contributed by atoms with van der Waals surface area (Å²) in [5, 5.41) is 15.9. The molecule has 9 nitrogen and oxygen atoms in total. The van der Waals surface area contributed by atoms with E-state index in [2.05, 4.69) is 46.7 Å². The van der Waals surface area contributed by atoms with E-state index in [1.165, 1.54) is 0 Å². The van der Waals surface area contributed by atoms with Gasteiger partial charge in [-0.1, -0.05) is 62.3 Å². The number of hydrogen-bond acceptors (Lipinski definition) is 6. The monoisotopic (exact) mass is 552 g/mol. The Morgan fingerprint density at radius 3 is 2.27 bits per heavy atom. The number of para-hydroxylation sites is 1. The van der Waals surface area contributed by atoms with Crippen LogP contribution in [0.3, 0.4) is 0 Å². The van der Waals surface area contributed by atoms with E-state index >= 15 is 0 Å². The first kappa shape index (κ1) is 28.0. The molecule has 0 bridgehead atoms. The highest BCUT2D eigenvalue weighted by Crippen LogP contribution is 2.39. The van der Waals surface area contributed by atoms with Crippen molar-refractivity contribution in [3.8, 4) is 11.5 Å². The Bertz CT molecular complexity index is 1440. The van der Waals surface area contributed by atoms with Gasteiger partial charge in [0.25, 0.3) is 17.8 Å². The van der Waals surface area contributed by atoms with Crippen LogP contribution in [0, 0.1) is 11.3 Å². The number of carbonyl (C=O) groups is 2. The molecule has 1 saturated carbocycles. The Morgan fingerprint density at radius 1 is 0.902 bits per heavy atom. The Hall–Kier alpha value is -4.53. The largest absolute Gasteiger partial charge is 0.457 e. The Kier molecular flexibility index (Phi) is 8.42. The third-order valence-electron chi connectivity index (χ3n) is 7.82. The molecular weight excluding hydrogens is 516 g/mol. The minimum absolute atomic E-state index is 0.0263. The number of ether oxygens (including phenoxy) is 1. The summed E-state index contributed by atoms with van der Waals surface area (Å²) in [6.45, 7) is 7.35. The molecule has 1 aromatic heterocycles. The normalized spacial score (nSPS) is 17.0. The number of nitrogens with one attached hydrogen (secondary N) is 2. The molecule has 1 aliphatic rings. The summed E-state index contributed by atoms with van der Waals surface area (Å²) in [7, 11) is 0. The fourth-order valence-electron chi connectivity index (χ4n) is 5.45. The number of aromatic nitrogens is 4. The smallest absolute Gasteiger partial charge is 0.270 e. The van der Waals surface area contributed by atoms with Crippen LogP contribution in [0.25, 0.3) is 0 Å². The number of tetrazole rings is 1. The van der Waals surface area contributed by atoms with Gasteiger partial charge in [0.2, 0.25) is 0 Å². The van der Waals surface area contributed by atoms with E-state index in [1.54, 1.807) is 12.1 Å². The zero-order valence-corrected chi connectivity index (χ0v) is 23.7. The van der Waals surface area contributed by atoms with Crippen LogP contribution in [0.5, 0.6) is 11.5 Å². The molecule has 0 unspecified atom stereocenters. The maximum absolute atomic E-state index is 14.1. The number of nitrogens with zero attached hydrogens (tertiary/aromatic N) is 4. The Balaban J connectivity index is 1.35. The van der Waals surface area contributed by atoms with E-state index in [4.69, 9.17) is 4.74 Å². The molecule has 3 aromatic carbocycles. The zero-order chi connectivity index (χ0) is 28.8. The summed E-state index contributed by atoms with van der Waals surface area (Å²) in [6.07, 6.45) is 4.09. The molecule has 1 heterocycles. The van der Waals surface area contributed by atoms with Crippen LogP contribution in [0.4, 0.5) is 5.95 Å². The highest BCUT2D eigenvalue weighted by atomic mass is 16.5. The van der Waals surface area contributed by atoms with E-state index in [0.29, 0.717) is 29.3 Å². The minimum atomic E-state index is -0.332. The van der Waals surface area contributed by atoms with Crippen molar-refractivity contribution in [1.82, 2.24) is 25.5 Å². The van der Waals surface area contributed by atoms with Gasteiger partial charge < -0.3 is 9.64 Å². The van der Waals surface area contributed by atoms with Crippen LogP contribution in [-0.2, 0) is 6.54 Å². The van der Waals surface area contributed by atoms with Gasteiger partial charge in [-0.2, -0.15) is 5.21 Å². The maximum Gasteiger partial charge on any atom is 0.270 e. The summed E-state index contributed by atoms with van der Waals surface area (Å²) >= 11 is 0. The van der Waals surface area contributed by atoms with E-state index in [1.807, 2.05) is 71.6 Å². The first-order chi connectivity index (χ1) is 19.8. The predicted octanol–water partition coefficient (Wildman–Crippen LogP) is 6.49. The molecule has 1 fully saturated rings. The number of H-pyrrole nitrogens is 1. The average Bonchev–Trinajstić information content (AvgIpc) is 3.49. The lowest BCUT2D eigenvalue weighted by Crippen LogP contribution is -2.43. The molecule has 0 radical (unpaired) electrons. The summed E-state index contributed by atoms with van der Waals surface area (Å²) < 4.78 is 6.01. The van der Waals surface area contributed by atoms with Crippen molar-refractivity contribution in [3.63, 3.8) is 0 Å². The summed E-state index contributed by atoms with van der Waals surface area (Å²) in [5.74, 6) is 1.73. The van der Waals surface area contributed by atoms with Crippen LogP contribution in [0.15, 0.2) is 78.9 Å². The van der Waals surface area contributed by atoms with Gasteiger partial charge in [0.05, 0.1) is 0 Å². The van der Waals surface area contributed by atoms with Crippen LogP contribution in [-0.4, -0.2) is 43.4 Å². The summed E-state index contributed by atoms with van der Waals surface area (Å²) in [5.41, 5.74) is 2.25. The van der Waals surface area contributed by atoms with Crippen LogP contribution >= 0.6 is 0 Å². The molecular formula is C32H36N6O3. The number of hydrogen-bond donors (Lipinski definition) is 2. The quantitative estimate of drug-likeness (QED) is 0.258. The van der Waals surface area contributed by atoms with Gasteiger partial charge in [0.1, 0.15) is 11.5 Å². The number of carbonyl (C=O) groups excluding carboxylic acids is 2. The second-order valence-electron chi connectivity index (χ2n) is 11.6. The SMILES string of the molecule is CC(C)(C)C1CCC(N(Cc2ccc(C(=O)Nc3nn[nH]n3)cc2)C(=O)c2cccc(Oc3ccccc3)c2)CC1. The zero-order valence-electron chi connectivity index (χ0n) is 23.7. The summed E-state index contributed by atoms with van der Waals surface area (Å²) in [4.78, 5) is 28.6. The molecule has 0 aliphatic heterocycles. The fraction of sp³-hybridized carbons (Fsp3) is 0.344. The Morgan fingerprint density at radius 2 is 1.61 bits per heavy atom. The van der Waals surface area contributed by atoms with Gasteiger partial charge in [-0.25, -0.2) is 0 Å². The van der Waals surface area contributed by atoms with Crippen molar-refractivity contribution in [2.45, 2.75) is 59.0 Å². The molecule has 41 heavy (non-hydrogen) atoms. The van der Waals surface area contributed by atoms with E-state index in [-0.39, 0.29) is 29.2 Å². The van der Waals surface area contributed by atoms with Crippen molar-refractivity contribution in [2.24, 2.45) is 11.3 Å². The molecule has 0 spiro atoms. The minimum Gasteiger partial charge on any atom is -0.457 e. The van der Waals surface area contributed by atoms with Gasteiger partial charge in [0.15, 0.2) is 0 Å². The molecule has 0 atom stereocenters. The second kappa shape index (κ2) is 12.3. The van der Waals surface area contributed by atoms with Gasteiger partial charge >= 0.3 is 0 Å². The maximum atomic E-state index is 14.1. The first-order valence-corrected chi connectivity index (χ1v) is 14.0. The molecule has 2 N–H and O–H groups in total. The lowest BCUT2D eigenvalue weighted by molar-refractivity contribution is 0.0530. The van der Waals surface area contributed by atoms with Crippen molar-refractivity contribution in [1.29, 1.82) is 0 Å². The van der Waals surface area contributed by atoms with Crippen molar-refractivity contribution in [2.75, 3.05) is 5.32 Å².